The molecule has 4 rings (SSSR count). The Bertz CT molecular complexity index is 1170. The molecule has 36 heavy (non-hydrogen) atoms. The molecule has 1 N–H and O–H groups in total. The minimum atomic E-state index is -2.71. The van der Waals surface area contributed by atoms with E-state index in [0.29, 0.717) is 6.61 Å². The molecule has 188 valence electrons. The van der Waals surface area contributed by atoms with E-state index < -0.39 is 28.1 Å². The van der Waals surface area contributed by atoms with E-state index in [-0.39, 0.29) is 11.1 Å². The van der Waals surface area contributed by atoms with Gasteiger partial charge in [0.1, 0.15) is 20.3 Å². The van der Waals surface area contributed by atoms with Gasteiger partial charge in [-0.1, -0.05) is 137 Å². The molecule has 0 aromatic heterocycles. The molecule has 0 unspecified atom stereocenters. The lowest BCUT2D eigenvalue weighted by atomic mass is 9.93. The van der Waals surface area contributed by atoms with Crippen molar-refractivity contribution in [2.24, 2.45) is 0 Å². The molecular weight excluding hydrogens is 477 g/mol. The van der Waals surface area contributed by atoms with Crippen molar-refractivity contribution in [3.8, 4) is 11.5 Å². The fourth-order valence-corrected chi connectivity index (χ4v) is 10.0. The highest BCUT2D eigenvalue weighted by Crippen LogP contribution is 2.48. The summed E-state index contributed by atoms with van der Waals surface area (Å²) < 4.78 is 13.4. The molecule has 0 aliphatic carbocycles. The maximum atomic E-state index is 11.4. The zero-order valence-electron chi connectivity index (χ0n) is 22.3. The van der Waals surface area contributed by atoms with E-state index in [1.165, 1.54) is 10.4 Å². The zero-order chi connectivity index (χ0) is 26.0. The summed E-state index contributed by atoms with van der Waals surface area (Å²) in [6.45, 7) is 13.8. The van der Waals surface area contributed by atoms with Crippen LogP contribution in [0.3, 0.4) is 0 Å². The Balaban J connectivity index is 1.72. The first-order valence-electron chi connectivity index (χ1n) is 12.7. The molecule has 3 nitrogen and oxygen atoms in total. The minimum absolute atomic E-state index is 0.130. The standard InChI is InChI=1S/C31H38O3Si2/c1-30(2,3)36(26-18-12-8-13-19-26,27-20-14-9-15-21-27)33-24-28-31(34-28,22-23-35(4,5)6)29(32)25-16-10-7-11-17-25/h7-21,28-29,32H,24H2,1-6H3/t28-,29+,31+/m1/s1. The van der Waals surface area contributed by atoms with Crippen molar-refractivity contribution in [3.05, 3.63) is 96.6 Å². The summed E-state index contributed by atoms with van der Waals surface area (Å²) in [6.07, 6.45) is -1.14. The molecule has 1 aliphatic heterocycles. The number of rotatable bonds is 7. The van der Waals surface area contributed by atoms with Gasteiger partial charge in [-0.15, -0.1) is 5.54 Å². The molecule has 3 aromatic rings. The molecule has 3 atom stereocenters. The van der Waals surface area contributed by atoms with Gasteiger partial charge < -0.3 is 14.3 Å². The second kappa shape index (κ2) is 10.1. The molecule has 0 spiro atoms. The summed E-state index contributed by atoms with van der Waals surface area (Å²) in [5, 5.41) is 13.8. The summed E-state index contributed by atoms with van der Waals surface area (Å²) in [6, 6.07) is 30.9. The van der Waals surface area contributed by atoms with E-state index in [0.717, 1.165) is 5.56 Å². The van der Waals surface area contributed by atoms with Gasteiger partial charge in [-0.05, 0) is 21.0 Å². The van der Waals surface area contributed by atoms with Crippen molar-refractivity contribution >= 4 is 26.8 Å². The van der Waals surface area contributed by atoms with Crippen molar-refractivity contribution in [1.82, 2.24) is 0 Å². The van der Waals surface area contributed by atoms with Gasteiger partial charge in [0.25, 0.3) is 8.32 Å². The topological polar surface area (TPSA) is 42.0 Å². The van der Waals surface area contributed by atoms with Crippen molar-refractivity contribution in [2.45, 2.75) is 63.3 Å². The van der Waals surface area contributed by atoms with E-state index in [1.54, 1.807) is 0 Å². The molecule has 0 saturated carbocycles. The smallest absolute Gasteiger partial charge is 0.261 e. The first-order valence-corrected chi connectivity index (χ1v) is 18.1. The molecular formula is C31H38O3Si2. The van der Waals surface area contributed by atoms with Crippen LogP contribution in [0.2, 0.25) is 24.7 Å². The van der Waals surface area contributed by atoms with Crippen LogP contribution in [0.5, 0.6) is 0 Å². The Kier molecular flexibility index (Phi) is 7.48. The molecule has 0 bridgehead atoms. The van der Waals surface area contributed by atoms with Gasteiger partial charge in [-0.3, -0.25) is 0 Å². The highest BCUT2D eigenvalue weighted by atomic mass is 28.4. The summed E-state index contributed by atoms with van der Waals surface area (Å²) in [5.74, 6) is 3.39. The molecule has 3 aromatic carbocycles. The van der Waals surface area contributed by atoms with Crippen molar-refractivity contribution in [1.29, 1.82) is 0 Å². The van der Waals surface area contributed by atoms with E-state index in [4.69, 9.17) is 9.16 Å². The number of ether oxygens (including phenoxy) is 1. The van der Waals surface area contributed by atoms with E-state index in [1.807, 2.05) is 42.5 Å². The SMILES string of the molecule is CC(C)(C)[Si](OC[C@H]1O[C@]1(C#C[Si](C)(C)C)[C@@H](O)c1ccccc1)(c1ccccc1)c1ccccc1. The third-order valence-corrected chi connectivity index (χ3v) is 12.7. The molecule has 1 aliphatic rings. The van der Waals surface area contributed by atoms with Crippen LogP contribution in [0.15, 0.2) is 91.0 Å². The lowest BCUT2D eigenvalue weighted by Gasteiger charge is -2.43. The number of aliphatic hydroxyl groups is 1. The predicted molar refractivity (Wildman–Crippen MR) is 154 cm³/mol. The van der Waals surface area contributed by atoms with Crippen molar-refractivity contribution < 1.29 is 14.3 Å². The van der Waals surface area contributed by atoms with Crippen LogP contribution in [0, 0.1) is 11.5 Å². The summed E-state index contributed by atoms with van der Waals surface area (Å²) in [7, 11) is -4.39. The Hall–Kier alpha value is -2.47. The van der Waals surface area contributed by atoms with Crippen LogP contribution in [0.25, 0.3) is 0 Å². The first-order chi connectivity index (χ1) is 17.0. The fraction of sp³-hybridized carbons (Fsp3) is 0.355. The second-order valence-electron chi connectivity index (χ2n) is 11.7. The normalized spacial score (nSPS) is 20.8. The van der Waals surface area contributed by atoms with Crippen molar-refractivity contribution in [2.75, 3.05) is 6.61 Å². The van der Waals surface area contributed by atoms with Gasteiger partial charge in [-0.25, -0.2) is 0 Å². The largest absolute Gasteiger partial charge is 0.405 e. The summed E-state index contributed by atoms with van der Waals surface area (Å²) in [4.78, 5) is 0. The number of hydrogen-bond donors (Lipinski definition) is 1. The summed E-state index contributed by atoms with van der Waals surface area (Å²) in [5.41, 5.74) is 3.32. The van der Waals surface area contributed by atoms with Crippen LogP contribution in [-0.2, 0) is 9.16 Å². The molecule has 1 saturated heterocycles. The van der Waals surface area contributed by atoms with Crippen LogP contribution in [0.1, 0.15) is 32.4 Å². The van der Waals surface area contributed by atoms with Crippen LogP contribution < -0.4 is 10.4 Å². The van der Waals surface area contributed by atoms with Gasteiger partial charge in [0, 0.05) is 0 Å². The number of hydrogen-bond acceptors (Lipinski definition) is 3. The molecule has 0 amide bonds. The monoisotopic (exact) mass is 514 g/mol. The van der Waals surface area contributed by atoms with E-state index in [9.17, 15) is 5.11 Å². The van der Waals surface area contributed by atoms with Crippen molar-refractivity contribution in [3.63, 3.8) is 0 Å². The lowest BCUT2D eigenvalue weighted by molar-refractivity contribution is 0.105. The average molecular weight is 515 g/mol. The number of benzene rings is 3. The third kappa shape index (κ3) is 5.29. The minimum Gasteiger partial charge on any atom is -0.405 e. The van der Waals surface area contributed by atoms with Gasteiger partial charge >= 0.3 is 0 Å². The Morgan fingerprint density at radius 3 is 1.78 bits per heavy atom. The van der Waals surface area contributed by atoms with E-state index in [2.05, 4.69) is 100 Å². The van der Waals surface area contributed by atoms with Crippen LogP contribution >= 0.6 is 0 Å². The lowest BCUT2D eigenvalue weighted by Crippen LogP contribution is -2.67. The molecule has 0 radical (unpaired) electrons. The van der Waals surface area contributed by atoms with Gasteiger partial charge in [0.2, 0.25) is 0 Å². The van der Waals surface area contributed by atoms with Gasteiger partial charge in [0.05, 0.1) is 6.61 Å². The maximum Gasteiger partial charge on any atom is 0.261 e. The predicted octanol–water partition coefficient (Wildman–Crippen LogP) is 5.32. The Labute approximate surface area is 218 Å². The first kappa shape index (κ1) is 26.6. The van der Waals surface area contributed by atoms with Crippen LogP contribution in [0.4, 0.5) is 0 Å². The Morgan fingerprint density at radius 2 is 1.33 bits per heavy atom. The van der Waals surface area contributed by atoms with E-state index >= 15 is 0 Å². The maximum absolute atomic E-state index is 11.4. The number of aliphatic hydroxyl groups excluding tert-OH is 1. The second-order valence-corrected chi connectivity index (χ2v) is 20.7. The fourth-order valence-electron chi connectivity index (χ4n) is 4.91. The zero-order valence-corrected chi connectivity index (χ0v) is 24.3. The number of epoxide rings is 1. The van der Waals surface area contributed by atoms with Crippen LogP contribution in [-0.4, -0.2) is 39.8 Å². The van der Waals surface area contributed by atoms with Gasteiger partial charge in [-0.2, -0.15) is 0 Å². The Morgan fingerprint density at radius 1 is 0.861 bits per heavy atom. The molecule has 1 fully saturated rings. The highest BCUT2D eigenvalue weighted by Gasteiger charge is 2.62. The summed E-state index contributed by atoms with van der Waals surface area (Å²) >= 11 is 0. The third-order valence-electron chi connectivity index (χ3n) is 6.78. The quantitative estimate of drug-likeness (QED) is 0.264. The highest BCUT2D eigenvalue weighted by molar-refractivity contribution is 6.99. The molecule has 5 heteroatoms. The average Bonchev–Trinajstić information content (AvgIpc) is 3.58. The molecule has 1 heterocycles. The van der Waals surface area contributed by atoms with Gasteiger partial charge in [0.15, 0.2) is 5.60 Å².